The first-order chi connectivity index (χ1) is 10.6. The summed E-state index contributed by atoms with van der Waals surface area (Å²) < 4.78 is 37.3. The predicted octanol–water partition coefficient (Wildman–Crippen LogP) is 3.29. The fourth-order valence-electron chi connectivity index (χ4n) is 2.76. The molecule has 0 fully saturated rings. The molecule has 1 atom stereocenters. The second-order valence-corrected chi connectivity index (χ2v) is 5.25. The number of hydrogen-bond acceptors (Lipinski definition) is 4. The minimum Gasteiger partial charge on any atom is -0.466 e. The summed E-state index contributed by atoms with van der Waals surface area (Å²) in [4.78, 5) is 11.9. The molecule has 0 spiro atoms. The number of rotatable bonds is 3. The van der Waals surface area contributed by atoms with Crippen molar-refractivity contribution >= 4 is 5.97 Å². The van der Waals surface area contributed by atoms with Gasteiger partial charge in [0.05, 0.1) is 23.8 Å². The van der Waals surface area contributed by atoms with Crippen LogP contribution in [0.15, 0.2) is 22.7 Å². The van der Waals surface area contributed by atoms with E-state index in [1.807, 2.05) is 0 Å². The van der Waals surface area contributed by atoms with Crippen LogP contribution in [0.3, 0.4) is 0 Å². The van der Waals surface area contributed by atoms with Crippen molar-refractivity contribution in [2.45, 2.75) is 26.2 Å². The number of aromatic nitrogens is 1. The fourth-order valence-corrected chi connectivity index (χ4v) is 2.76. The molecule has 0 radical (unpaired) electrons. The zero-order valence-corrected chi connectivity index (χ0v) is 12.1. The molecule has 22 heavy (non-hydrogen) atoms. The van der Waals surface area contributed by atoms with Gasteiger partial charge in [-0.2, -0.15) is 0 Å². The molecule has 0 saturated heterocycles. The summed E-state index contributed by atoms with van der Waals surface area (Å²) in [7, 11) is 0. The topological polar surface area (TPSA) is 52.3 Å². The maximum absolute atomic E-state index is 13.9. The third-order valence-electron chi connectivity index (χ3n) is 3.85. The van der Waals surface area contributed by atoms with Gasteiger partial charge in [-0.15, -0.1) is 0 Å². The first kappa shape index (κ1) is 14.7. The van der Waals surface area contributed by atoms with Crippen LogP contribution in [-0.2, 0) is 22.4 Å². The van der Waals surface area contributed by atoms with Crippen LogP contribution in [0, 0.1) is 17.6 Å². The molecule has 0 saturated carbocycles. The first-order valence-corrected chi connectivity index (χ1v) is 7.19. The van der Waals surface area contributed by atoms with Gasteiger partial charge in [-0.05, 0) is 38.3 Å². The van der Waals surface area contributed by atoms with Gasteiger partial charge in [0.25, 0.3) is 0 Å². The monoisotopic (exact) mass is 307 g/mol. The van der Waals surface area contributed by atoms with Crippen LogP contribution < -0.4 is 0 Å². The quantitative estimate of drug-likeness (QED) is 0.817. The van der Waals surface area contributed by atoms with E-state index in [0.717, 1.165) is 11.8 Å². The number of ether oxygens (including phenoxy) is 1. The highest BCUT2D eigenvalue weighted by Crippen LogP contribution is 2.35. The van der Waals surface area contributed by atoms with Gasteiger partial charge in [-0.1, -0.05) is 5.16 Å². The highest BCUT2D eigenvalue weighted by molar-refractivity contribution is 5.74. The van der Waals surface area contributed by atoms with E-state index in [-0.39, 0.29) is 23.2 Å². The summed E-state index contributed by atoms with van der Waals surface area (Å²) in [5.74, 6) is -1.65. The molecule has 116 valence electrons. The van der Waals surface area contributed by atoms with Gasteiger partial charge in [-0.25, -0.2) is 8.78 Å². The van der Waals surface area contributed by atoms with Crippen molar-refractivity contribution in [1.82, 2.24) is 5.16 Å². The number of halogens is 2. The Labute approximate surface area is 126 Å². The van der Waals surface area contributed by atoms with Crippen molar-refractivity contribution in [3.05, 3.63) is 41.1 Å². The lowest BCUT2D eigenvalue weighted by molar-refractivity contribution is -0.148. The Morgan fingerprint density at radius 1 is 1.45 bits per heavy atom. The lowest BCUT2D eigenvalue weighted by Gasteiger charge is -2.19. The standard InChI is InChI=1S/C16H15F2NO3/c1-2-21-16(20)9-3-6-14-12(7-9)15(22-19-14)11-5-4-10(17)8-13(11)18/h4-5,8-9H,2-3,6-7H2,1H3. The number of nitrogens with zero attached hydrogens (tertiary/aromatic N) is 1. The number of benzene rings is 1. The number of carbonyl (C=O) groups excluding carboxylic acids is 1. The second-order valence-electron chi connectivity index (χ2n) is 5.25. The van der Waals surface area contributed by atoms with Crippen molar-refractivity contribution in [2.75, 3.05) is 6.61 Å². The molecule has 1 aromatic heterocycles. The number of esters is 1. The normalized spacial score (nSPS) is 17.1. The zero-order chi connectivity index (χ0) is 15.7. The largest absolute Gasteiger partial charge is 0.466 e. The van der Waals surface area contributed by atoms with Crippen molar-refractivity contribution in [3.8, 4) is 11.3 Å². The van der Waals surface area contributed by atoms with Crippen LogP contribution in [0.2, 0.25) is 0 Å². The molecule has 2 aromatic rings. The molecule has 4 nitrogen and oxygen atoms in total. The maximum atomic E-state index is 13.9. The molecular formula is C16H15F2NO3. The van der Waals surface area contributed by atoms with Crippen LogP contribution in [0.1, 0.15) is 24.6 Å². The summed E-state index contributed by atoms with van der Waals surface area (Å²) in [6.07, 6.45) is 1.60. The van der Waals surface area contributed by atoms with Crippen LogP contribution in [0.25, 0.3) is 11.3 Å². The third kappa shape index (κ3) is 2.61. The Kier molecular flexibility index (Phi) is 3.92. The molecule has 1 aromatic carbocycles. The molecule has 0 N–H and O–H groups in total. The summed E-state index contributed by atoms with van der Waals surface area (Å²) in [6, 6.07) is 3.29. The highest BCUT2D eigenvalue weighted by atomic mass is 19.1. The average Bonchev–Trinajstić information content (AvgIpc) is 2.90. The van der Waals surface area contributed by atoms with Crippen molar-refractivity contribution in [1.29, 1.82) is 0 Å². The Bertz CT molecular complexity index is 711. The number of aryl methyl sites for hydroxylation is 1. The fraction of sp³-hybridized carbons (Fsp3) is 0.375. The van der Waals surface area contributed by atoms with Gasteiger partial charge in [0.2, 0.25) is 0 Å². The summed E-state index contributed by atoms with van der Waals surface area (Å²) in [5, 5.41) is 3.95. The molecule has 0 bridgehead atoms. The molecule has 0 aliphatic heterocycles. The van der Waals surface area contributed by atoms with Crippen LogP contribution >= 0.6 is 0 Å². The lowest BCUT2D eigenvalue weighted by Crippen LogP contribution is -2.24. The Hall–Kier alpha value is -2.24. The Morgan fingerprint density at radius 2 is 2.27 bits per heavy atom. The van der Waals surface area contributed by atoms with Gasteiger partial charge in [0, 0.05) is 11.6 Å². The van der Waals surface area contributed by atoms with Crippen molar-refractivity contribution in [2.24, 2.45) is 5.92 Å². The molecule has 3 rings (SSSR count). The van der Waals surface area contributed by atoms with Crippen LogP contribution in [0.4, 0.5) is 8.78 Å². The van der Waals surface area contributed by atoms with Crippen LogP contribution in [0.5, 0.6) is 0 Å². The van der Waals surface area contributed by atoms with Gasteiger partial charge < -0.3 is 9.26 Å². The van der Waals surface area contributed by atoms with Gasteiger partial charge >= 0.3 is 5.97 Å². The SMILES string of the molecule is CCOC(=O)C1CCc2noc(-c3ccc(F)cc3F)c2C1. The minimum atomic E-state index is -0.711. The summed E-state index contributed by atoms with van der Waals surface area (Å²) in [5.41, 5.74) is 1.58. The molecule has 1 heterocycles. The molecule has 1 aliphatic rings. The van der Waals surface area contributed by atoms with Gasteiger partial charge in [-0.3, -0.25) is 4.79 Å². The van der Waals surface area contributed by atoms with E-state index in [1.165, 1.54) is 12.1 Å². The lowest BCUT2D eigenvalue weighted by atomic mass is 9.85. The third-order valence-corrected chi connectivity index (χ3v) is 3.85. The Balaban J connectivity index is 1.94. The van der Waals surface area contributed by atoms with Crippen molar-refractivity contribution in [3.63, 3.8) is 0 Å². The van der Waals surface area contributed by atoms with E-state index in [9.17, 15) is 13.6 Å². The van der Waals surface area contributed by atoms with Gasteiger partial charge in [0.15, 0.2) is 5.76 Å². The maximum Gasteiger partial charge on any atom is 0.309 e. The predicted molar refractivity (Wildman–Crippen MR) is 74.0 cm³/mol. The molecule has 0 amide bonds. The zero-order valence-electron chi connectivity index (χ0n) is 12.1. The van der Waals surface area contributed by atoms with E-state index in [0.29, 0.717) is 31.4 Å². The molecular weight excluding hydrogens is 292 g/mol. The van der Waals surface area contributed by atoms with E-state index in [2.05, 4.69) is 5.16 Å². The molecule has 6 heteroatoms. The Morgan fingerprint density at radius 3 is 3.00 bits per heavy atom. The van der Waals surface area contributed by atoms with E-state index >= 15 is 0 Å². The summed E-state index contributed by atoms with van der Waals surface area (Å²) >= 11 is 0. The van der Waals surface area contributed by atoms with Gasteiger partial charge in [0.1, 0.15) is 11.6 Å². The summed E-state index contributed by atoms with van der Waals surface area (Å²) in [6.45, 7) is 2.08. The van der Waals surface area contributed by atoms with E-state index < -0.39 is 11.6 Å². The second kappa shape index (κ2) is 5.87. The molecule has 1 unspecified atom stereocenters. The molecule has 1 aliphatic carbocycles. The minimum absolute atomic E-state index is 0.152. The van der Waals surface area contributed by atoms with E-state index in [1.54, 1.807) is 6.92 Å². The van der Waals surface area contributed by atoms with Crippen LogP contribution in [-0.4, -0.2) is 17.7 Å². The average molecular weight is 307 g/mol. The smallest absolute Gasteiger partial charge is 0.309 e. The number of hydrogen-bond donors (Lipinski definition) is 0. The number of fused-ring (bicyclic) bond motifs is 1. The first-order valence-electron chi connectivity index (χ1n) is 7.19. The number of carbonyl (C=O) groups is 1. The van der Waals surface area contributed by atoms with Crippen molar-refractivity contribution < 1.29 is 22.8 Å². The highest BCUT2D eigenvalue weighted by Gasteiger charge is 2.31. The van der Waals surface area contributed by atoms with E-state index in [4.69, 9.17) is 9.26 Å².